The first kappa shape index (κ1) is 17.7. The van der Waals surface area contributed by atoms with E-state index in [1.54, 1.807) is 21.5 Å². The predicted molar refractivity (Wildman–Crippen MR) is 97.8 cm³/mol. The van der Waals surface area contributed by atoms with E-state index in [2.05, 4.69) is 10.4 Å². The summed E-state index contributed by atoms with van der Waals surface area (Å²) in [5.74, 6) is -0.327. The summed E-state index contributed by atoms with van der Waals surface area (Å²) < 4.78 is 17.6. The van der Waals surface area contributed by atoms with Crippen LogP contribution in [-0.2, 0) is 13.2 Å². The zero-order valence-electron chi connectivity index (χ0n) is 13.9. The van der Waals surface area contributed by atoms with Gasteiger partial charge in [-0.2, -0.15) is 4.68 Å². The lowest BCUT2D eigenvalue weighted by Crippen LogP contribution is -2.23. The molecule has 0 spiro atoms. The van der Waals surface area contributed by atoms with Gasteiger partial charge >= 0.3 is 0 Å². The standard InChI is InChI=1S/C17H17ClFN5S/c1-12-5-3-6-13(9-12)24-17(25)23(20-21-24)11-22(2)10-14-15(18)7-4-8-16(14)19/h3-9H,10-11H2,1-2H3. The molecule has 1 aromatic heterocycles. The SMILES string of the molecule is Cc1cccc(-n2nnn(CN(C)Cc3c(F)cccc3Cl)c2=S)c1. The second kappa shape index (κ2) is 7.43. The predicted octanol–water partition coefficient (Wildman–Crippen LogP) is 3.99. The van der Waals surface area contributed by atoms with Crippen molar-refractivity contribution >= 4 is 23.8 Å². The van der Waals surface area contributed by atoms with Crippen LogP contribution in [-0.4, -0.2) is 31.7 Å². The summed E-state index contributed by atoms with van der Waals surface area (Å²) in [6, 6.07) is 12.5. The number of benzene rings is 2. The molecular formula is C17H17ClFN5S. The van der Waals surface area contributed by atoms with E-state index in [0.29, 0.717) is 28.6 Å². The fourth-order valence-corrected chi connectivity index (χ4v) is 2.98. The maximum Gasteiger partial charge on any atom is 0.221 e. The van der Waals surface area contributed by atoms with Crippen molar-refractivity contribution in [1.29, 1.82) is 0 Å². The molecule has 0 saturated heterocycles. The number of halogens is 2. The maximum absolute atomic E-state index is 13.9. The molecule has 0 atom stereocenters. The van der Waals surface area contributed by atoms with Crippen LogP contribution in [0.1, 0.15) is 11.1 Å². The third-order valence-electron chi connectivity index (χ3n) is 3.75. The van der Waals surface area contributed by atoms with Gasteiger partial charge in [0.15, 0.2) is 0 Å². The Hall–Kier alpha value is -2.09. The molecule has 2 aromatic carbocycles. The molecule has 8 heteroatoms. The Morgan fingerprint density at radius 1 is 1.20 bits per heavy atom. The van der Waals surface area contributed by atoms with Crippen LogP contribution < -0.4 is 0 Å². The van der Waals surface area contributed by atoms with E-state index >= 15 is 0 Å². The number of tetrazole rings is 1. The largest absolute Gasteiger partial charge is 0.283 e. The molecule has 0 saturated carbocycles. The molecule has 0 aliphatic heterocycles. The van der Waals surface area contributed by atoms with Gasteiger partial charge in [0.05, 0.1) is 12.4 Å². The Morgan fingerprint density at radius 3 is 2.68 bits per heavy atom. The molecule has 0 unspecified atom stereocenters. The minimum absolute atomic E-state index is 0.327. The van der Waals surface area contributed by atoms with Crippen LogP contribution in [0.15, 0.2) is 42.5 Å². The number of hydrogen-bond acceptors (Lipinski definition) is 4. The van der Waals surface area contributed by atoms with Crippen molar-refractivity contribution < 1.29 is 4.39 Å². The van der Waals surface area contributed by atoms with Crippen molar-refractivity contribution in [2.75, 3.05) is 7.05 Å². The molecule has 0 N–H and O–H groups in total. The number of aryl methyl sites for hydroxylation is 1. The van der Waals surface area contributed by atoms with Gasteiger partial charge < -0.3 is 0 Å². The minimum atomic E-state index is -0.327. The van der Waals surface area contributed by atoms with Crippen LogP contribution in [0.25, 0.3) is 5.69 Å². The number of nitrogens with zero attached hydrogens (tertiary/aromatic N) is 5. The van der Waals surface area contributed by atoms with E-state index in [9.17, 15) is 4.39 Å². The van der Waals surface area contributed by atoms with E-state index in [0.717, 1.165) is 11.3 Å². The zero-order chi connectivity index (χ0) is 18.0. The fourth-order valence-electron chi connectivity index (χ4n) is 2.52. The highest BCUT2D eigenvalue weighted by molar-refractivity contribution is 7.71. The first-order chi connectivity index (χ1) is 12.0. The van der Waals surface area contributed by atoms with E-state index in [1.165, 1.54) is 6.07 Å². The normalized spacial score (nSPS) is 11.2. The average molecular weight is 378 g/mol. The molecular weight excluding hydrogens is 361 g/mol. The average Bonchev–Trinajstić information content (AvgIpc) is 2.92. The molecule has 0 aliphatic carbocycles. The van der Waals surface area contributed by atoms with Gasteiger partial charge in [-0.3, -0.25) is 4.90 Å². The van der Waals surface area contributed by atoms with Crippen molar-refractivity contribution in [3.05, 3.63) is 69.2 Å². The number of aromatic nitrogens is 4. The molecule has 25 heavy (non-hydrogen) atoms. The zero-order valence-corrected chi connectivity index (χ0v) is 15.4. The van der Waals surface area contributed by atoms with Crippen molar-refractivity contribution in [1.82, 2.24) is 24.7 Å². The Morgan fingerprint density at radius 2 is 1.96 bits per heavy atom. The van der Waals surface area contributed by atoms with Gasteiger partial charge in [0.1, 0.15) is 5.82 Å². The molecule has 130 valence electrons. The first-order valence-electron chi connectivity index (χ1n) is 7.67. The minimum Gasteiger partial charge on any atom is -0.283 e. The van der Waals surface area contributed by atoms with Gasteiger partial charge in [-0.15, -0.1) is 0 Å². The summed E-state index contributed by atoms with van der Waals surface area (Å²) in [6.07, 6.45) is 0. The van der Waals surface area contributed by atoms with Crippen LogP contribution in [0.2, 0.25) is 5.02 Å². The van der Waals surface area contributed by atoms with E-state index in [1.807, 2.05) is 43.1 Å². The van der Waals surface area contributed by atoms with Crippen molar-refractivity contribution in [3.8, 4) is 5.69 Å². The number of rotatable bonds is 5. The van der Waals surface area contributed by atoms with Crippen molar-refractivity contribution in [3.63, 3.8) is 0 Å². The molecule has 0 bridgehead atoms. The molecule has 1 heterocycles. The summed E-state index contributed by atoms with van der Waals surface area (Å²) in [7, 11) is 1.84. The van der Waals surface area contributed by atoms with Crippen LogP contribution in [0.3, 0.4) is 0 Å². The molecule has 3 rings (SSSR count). The van der Waals surface area contributed by atoms with Crippen LogP contribution >= 0.6 is 23.8 Å². The monoisotopic (exact) mass is 377 g/mol. The van der Waals surface area contributed by atoms with Gasteiger partial charge in [0.25, 0.3) is 0 Å². The molecule has 0 fully saturated rings. The molecule has 0 aliphatic rings. The van der Waals surface area contributed by atoms with Gasteiger partial charge in [-0.1, -0.05) is 29.8 Å². The summed E-state index contributed by atoms with van der Waals surface area (Å²) in [6.45, 7) is 2.71. The second-order valence-corrected chi connectivity index (χ2v) is 6.64. The third kappa shape index (κ3) is 3.95. The lowest BCUT2D eigenvalue weighted by molar-refractivity contribution is 0.239. The van der Waals surface area contributed by atoms with Crippen LogP contribution in [0, 0.1) is 17.5 Å². The third-order valence-corrected chi connectivity index (χ3v) is 4.49. The fraction of sp³-hybridized carbons (Fsp3) is 0.235. The van der Waals surface area contributed by atoms with Crippen LogP contribution in [0.4, 0.5) is 4.39 Å². The molecule has 3 aromatic rings. The van der Waals surface area contributed by atoms with E-state index < -0.39 is 0 Å². The summed E-state index contributed by atoms with van der Waals surface area (Å²) in [4.78, 5) is 1.87. The van der Waals surface area contributed by atoms with E-state index in [-0.39, 0.29) is 5.82 Å². The van der Waals surface area contributed by atoms with Gasteiger partial charge in [-0.25, -0.2) is 9.07 Å². The maximum atomic E-state index is 13.9. The van der Waals surface area contributed by atoms with Gasteiger partial charge in [0, 0.05) is 17.1 Å². The summed E-state index contributed by atoms with van der Waals surface area (Å²) in [5, 5.41) is 8.63. The highest BCUT2D eigenvalue weighted by atomic mass is 35.5. The topological polar surface area (TPSA) is 38.9 Å². The smallest absolute Gasteiger partial charge is 0.221 e. The Labute approximate surface area is 155 Å². The van der Waals surface area contributed by atoms with E-state index in [4.69, 9.17) is 23.8 Å². The quantitative estimate of drug-likeness (QED) is 0.630. The van der Waals surface area contributed by atoms with Gasteiger partial charge in [0.2, 0.25) is 4.77 Å². The Kier molecular flexibility index (Phi) is 5.27. The van der Waals surface area contributed by atoms with Crippen molar-refractivity contribution in [2.24, 2.45) is 0 Å². The number of hydrogen-bond donors (Lipinski definition) is 0. The van der Waals surface area contributed by atoms with Crippen LogP contribution in [0.5, 0.6) is 0 Å². The second-order valence-electron chi connectivity index (χ2n) is 5.87. The first-order valence-corrected chi connectivity index (χ1v) is 8.45. The Bertz CT molecular complexity index is 932. The Balaban J connectivity index is 1.79. The highest BCUT2D eigenvalue weighted by Gasteiger charge is 2.12. The summed E-state index contributed by atoms with van der Waals surface area (Å²) >= 11 is 11.5. The highest BCUT2D eigenvalue weighted by Crippen LogP contribution is 2.20. The molecule has 0 radical (unpaired) electrons. The lowest BCUT2D eigenvalue weighted by atomic mass is 10.2. The molecule has 0 amide bonds. The van der Waals surface area contributed by atoms with Crippen molar-refractivity contribution in [2.45, 2.75) is 20.1 Å². The molecule has 5 nitrogen and oxygen atoms in total. The van der Waals surface area contributed by atoms with Gasteiger partial charge in [-0.05, 0) is 66.4 Å². The summed E-state index contributed by atoms with van der Waals surface area (Å²) in [5.41, 5.74) is 2.42. The lowest BCUT2D eigenvalue weighted by Gasteiger charge is -2.17.